The summed E-state index contributed by atoms with van der Waals surface area (Å²) in [6, 6.07) is 4.09. The summed E-state index contributed by atoms with van der Waals surface area (Å²) in [6.07, 6.45) is 15.0. The number of hydrogen-bond acceptors (Lipinski definition) is 6. The van der Waals surface area contributed by atoms with E-state index < -0.39 is 0 Å². The number of thioether (sulfide) groups is 1. The van der Waals surface area contributed by atoms with Crippen LogP contribution in [0.2, 0.25) is 0 Å². The summed E-state index contributed by atoms with van der Waals surface area (Å²) in [5.41, 5.74) is 2.04. The average molecular weight is 354 g/mol. The quantitative estimate of drug-likeness (QED) is 0.578. The van der Waals surface area contributed by atoms with Gasteiger partial charge in [0.05, 0.1) is 11.9 Å². The molecule has 0 spiro atoms. The van der Waals surface area contributed by atoms with Crippen molar-refractivity contribution in [1.82, 2.24) is 29.7 Å². The van der Waals surface area contributed by atoms with Gasteiger partial charge in [-0.25, -0.2) is 19.6 Å². The van der Waals surface area contributed by atoms with E-state index in [1.807, 2.05) is 30.9 Å². The maximum Gasteiger partial charge on any atom is 0.138 e. The molecular weight excluding hydrogens is 332 g/mol. The molecule has 25 heavy (non-hydrogen) atoms. The number of aromatic nitrogens is 6. The molecule has 0 saturated heterocycles. The molecule has 0 aliphatic rings. The normalized spacial score (nSPS) is 12.2. The highest BCUT2D eigenvalue weighted by molar-refractivity contribution is 7.98. The summed E-state index contributed by atoms with van der Waals surface area (Å²) in [6.45, 7) is 2.28. The van der Waals surface area contributed by atoms with Crippen LogP contribution in [0.1, 0.15) is 31.3 Å². The number of aryl methyl sites for hydroxylation is 2. The van der Waals surface area contributed by atoms with E-state index in [0.29, 0.717) is 5.92 Å². The molecule has 0 saturated carbocycles. The summed E-state index contributed by atoms with van der Waals surface area (Å²) >= 11 is 1.67. The average Bonchev–Trinajstić information content (AvgIpc) is 3.20. The summed E-state index contributed by atoms with van der Waals surface area (Å²) < 4.78 is 1.71. The Labute approximate surface area is 152 Å². The predicted molar refractivity (Wildman–Crippen MR) is 98.8 cm³/mol. The van der Waals surface area contributed by atoms with Gasteiger partial charge < -0.3 is 0 Å². The van der Waals surface area contributed by atoms with Gasteiger partial charge in [-0.2, -0.15) is 5.10 Å². The summed E-state index contributed by atoms with van der Waals surface area (Å²) in [7, 11) is 0. The third-order valence-electron chi connectivity index (χ3n) is 4.16. The molecule has 6 nitrogen and oxygen atoms in total. The second kappa shape index (κ2) is 8.71. The molecule has 0 fully saturated rings. The minimum Gasteiger partial charge on any atom is -0.259 e. The van der Waals surface area contributed by atoms with E-state index >= 15 is 0 Å². The molecule has 0 bridgehead atoms. The van der Waals surface area contributed by atoms with E-state index in [9.17, 15) is 0 Å². The molecule has 1 atom stereocenters. The number of rotatable bonds is 8. The van der Waals surface area contributed by atoms with Gasteiger partial charge in [-0.05, 0) is 43.6 Å². The van der Waals surface area contributed by atoms with Crippen molar-refractivity contribution in [1.29, 1.82) is 0 Å². The molecule has 0 amide bonds. The van der Waals surface area contributed by atoms with Gasteiger partial charge in [0.1, 0.15) is 18.5 Å². The van der Waals surface area contributed by atoms with Crippen molar-refractivity contribution in [2.45, 2.75) is 37.5 Å². The zero-order valence-corrected chi connectivity index (χ0v) is 15.4. The minimum atomic E-state index is 0.612. The van der Waals surface area contributed by atoms with Gasteiger partial charge in [0.15, 0.2) is 0 Å². The zero-order valence-electron chi connectivity index (χ0n) is 14.5. The fourth-order valence-electron chi connectivity index (χ4n) is 2.53. The van der Waals surface area contributed by atoms with Crippen molar-refractivity contribution in [3.63, 3.8) is 0 Å². The SMILES string of the molecule is CSc1cnc(CCC(C)CCc2ccc(-n3cncn3)cn2)nc1. The van der Waals surface area contributed by atoms with Crippen LogP contribution in [0.4, 0.5) is 0 Å². The van der Waals surface area contributed by atoms with Crippen LogP contribution in [0.25, 0.3) is 5.69 Å². The number of pyridine rings is 1. The molecule has 3 rings (SSSR count). The zero-order chi connectivity index (χ0) is 17.5. The monoisotopic (exact) mass is 354 g/mol. The molecule has 3 aromatic heterocycles. The Kier molecular flexibility index (Phi) is 6.11. The van der Waals surface area contributed by atoms with Gasteiger partial charge in [-0.15, -0.1) is 11.8 Å². The molecule has 0 aromatic carbocycles. The molecule has 1 unspecified atom stereocenters. The van der Waals surface area contributed by atoms with Gasteiger partial charge in [0.2, 0.25) is 0 Å². The van der Waals surface area contributed by atoms with E-state index in [-0.39, 0.29) is 0 Å². The molecule has 3 heterocycles. The summed E-state index contributed by atoms with van der Waals surface area (Å²) in [5.74, 6) is 1.54. The lowest BCUT2D eigenvalue weighted by atomic mass is 9.98. The molecule has 0 radical (unpaired) electrons. The summed E-state index contributed by atoms with van der Waals surface area (Å²) in [4.78, 5) is 18.4. The highest BCUT2D eigenvalue weighted by Crippen LogP contribution is 2.16. The van der Waals surface area contributed by atoms with Crippen LogP contribution >= 0.6 is 11.8 Å². The van der Waals surface area contributed by atoms with E-state index in [1.54, 1.807) is 22.8 Å². The Bertz CT molecular complexity index is 755. The van der Waals surface area contributed by atoms with Gasteiger partial charge in [-0.1, -0.05) is 6.92 Å². The molecule has 0 N–H and O–H groups in total. The third-order valence-corrected chi connectivity index (χ3v) is 4.85. The van der Waals surface area contributed by atoms with Crippen LogP contribution in [0.5, 0.6) is 0 Å². The Hall–Kier alpha value is -2.28. The Balaban J connectivity index is 1.44. The first kappa shape index (κ1) is 17.5. The maximum absolute atomic E-state index is 4.53. The Morgan fingerprint density at radius 3 is 2.48 bits per heavy atom. The fraction of sp³-hybridized carbons (Fsp3) is 0.389. The van der Waals surface area contributed by atoms with Crippen LogP contribution in [-0.2, 0) is 12.8 Å². The predicted octanol–water partition coefficient (Wildman–Crippen LogP) is 3.38. The van der Waals surface area contributed by atoms with Gasteiger partial charge in [-0.3, -0.25) is 4.98 Å². The largest absolute Gasteiger partial charge is 0.259 e. The van der Waals surface area contributed by atoms with Crippen LogP contribution in [0.3, 0.4) is 0 Å². The Morgan fingerprint density at radius 2 is 1.84 bits per heavy atom. The van der Waals surface area contributed by atoms with E-state index in [4.69, 9.17) is 0 Å². The van der Waals surface area contributed by atoms with Gasteiger partial charge >= 0.3 is 0 Å². The standard InChI is InChI=1S/C18H22N6S/c1-14(4-8-18-21-10-17(25-2)11-22-18)3-5-15-6-7-16(9-20-15)24-13-19-12-23-24/h6-7,9-14H,3-5,8H2,1-2H3. The molecule has 0 aliphatic carbocycles. The van der Waals surface area contributed by atoms with E-state index in [2.05, 4.69) is 38.0 Å². The Morgan fingerprint density at radius 1 is 1.04 bits per heavy atom. The van der Waals surface area contributed by atoms with Gasteiger partial charge in [0, 0.05) is 29.4 Å². The van der Waals surface area contributed by atoms with Crippen molar-refractivity contribution in [3.8, 4) is 5.69 Å². The van der Waals surface area contributed by atoms with E-state index in [1.165, 1.54) is 6.33 Å². The second-order valence-electron chi connectivity index (χ2n) is 6.07. The van der Waals surface area contributed by atoms with Crippen molar-refractivity contribution in [2.24, 2.45) is 5.92 Å². The number of hydrogen-bond donors (Lipinski definition) is 0. The van der Waals surface area contributed by atoms with Crippen molar-refractivity contribution < 1.29 is 0 Å². The first-order chi connectivity index (χ1) is 12.2. The second-order valence-corrected chi connectivity index (χ2v) is 6.95. The van der Waals surface area contributed by atoms with Crippen molar-refractivity contribution >= 4 is 11.8 Å². The van der Waals surface area contributed by atoms with Crippen LogP contribution in [-0.4, -0.2) is 36.0 Å². The summed E-state index contributed by atoms with van der Waals surface area (Å²) in [5, 5.41) is 4.11. The molecule has 130 valence electrons. The first-order valence-electron chi connectivity index (χ1n) is 8.39. The lowest BCUT2D eigenvalue weighted by molar-refractivity contribution is 0.484. The lowest BCUT2D eigenvalue weighted by Crippen LogP contribution is -2.03. The van der Waals surface area contributed by atoms with Crippen LogP contribution in [0, 0.1) is 5.92 Å². The van der Waals surface area contributed by atoms with Crippen LogP contribution in [0.15, 0.2) is 48.3 Å². The molecule has 0 aliphatic heterocycles. The van der Waals surface area contributed by atoms with E-state index in [0.717, 1.165) is 47.8 Å². The minimum absolute atomic E-state index is 0.612. The van der Waals surface area contributed by atoms with Crippen LogP contribution < -0.4 is 0 Å². The van der Waals surface area contributed by atoms with Crippen molar-refractivity contribution in [3.05, 3.63) is 54.9 Å². The highest BCUT2D eigenvalue weighted by Gasteiger charge is 2.07. The van der Waals surface area contributed by atoms with Crippen molar-refractivity contribution in [2.75, 3.05) is 6.26 Å². The molecule has 7 heteroatoms. The highest BCUT2D eigenvalue weighted by atomic mass is 32.2. The fourth-order valence-corrected chi connectivity index (χ4v) is 2.85. The molecular formula is C18H22N6S. The smallest absolute Gasteiger partial charge is 0.138 e. The third kappa shape index (κ3) is 5.09. The first-order valence-corrected chi connectivity index (χ1v) is 9.62. The van der Waals surface area contributed by atoms with Gasteiger partial charge in [0.25, 0.3) is 0 Å². The lowest BCUT2D eigenvalue weighted by Gasteiger charge is -2.10. The topological polar surface area (TPSA) is 69.4 Å². The maximum atomic E-state index is 4.53. The number of nitrogens with zero attached hydrogens (tertiary/aromatic N) is 6. The molecule has 3 aromatic rings.